The summed E-state index contributed by atoms with van der Waals surface area (Å²) in [5.41, 5.74) is 6.00. The lowest BCUT2D eigenvalue weighted by atomic mass is 10.2. The van der Waals surface area contributed by atoms with Crippen LogP contribution in [-0.4, -0.2) is 6.54 Å². The summed E-state index contributed by atoms with van der Waals surface area (Å²) in [5.74, 6) is -0.171. The molecule has 0 saturated heterocycles. The average molecular weight is 169 g/mol. The average Bonchev–Trinajstić information content (AvgIpc) is 2.11. The number of nitrogens with two attached hydrogens (primary N) is 1. The number of hydrogen-bond donors (Lipinski definition) is 1. The molecule has 0 spiro atoms. The van der Waals surface area contributed by atoms with Crippen molar-refractivity contribution < 1.29 is 5.82 Å². The van der Waals surface area contributed by atoms with Crippen molar-refractivity contribution in [3.8, 4) is 0 Å². The zero-order chi connectivity index (χ0) is 9.40. The fraction of sp³-hybridized carbons (Fsp3) is 0.200. The first-order valence-corrected chi connectivity index (χ1v) is 3.74. The molecule has 0 unspecified atom stereocenters. The van der Waals surface area contributed by atoms with Gasteiger partial charge in [0, 0.05) is 7.97 Å². The van der Waals surface area contributed by atoms with Crippen LogP contribution < -0.4 is 5.73 Å². The lowest BCUT2D eigenvalue weighted by molar-refractivity contribution is 0.627. The summed E-state index contributed by atoms with van der Waals surface area (Å²) in [4.78, 5) is 0. The van der Waals surface area contributed by atoms with E-state index in [1.165, 1.54) is 12.1 Å². The van der Waals surface area contributed by atoms with Crippen molar-refractivity contribution in [1.82, 2.24) is 0 Å². The molecule has 1 aromatic rings. The van der Waals surface area contributed by atoms with Gasteiger partial charge < -0.3 is 5.73 Å². The van der Waals surface area contributed by atoms with Crippen molar-refractivity contribution in [3.05, 3.63) is 48.3 Å². The maximum atomic E-state index is 12.1. The Bertz CT molecular complexity index is 200. The van der Waals surface area contributed by atoms with Gasteiger partial charge in [0.05, 0.1) is 0 Å². The van der Waals surface area contributed by atoms with Crippen molar-refractivity contribution in [3.63, 3.8) is 0 Å². The van der Waals surface area contributed by atoms with E-state index in [0.717, 1.165) is 5.56 Å². The molecule has 0 aliphatic carbocycles. The van der Waals surface area contributed by atoms with E-state index in [0.29, 0.717) is 6.54 Å². The van der Waals surface area contributed by atoms with Gasteiger partial charge >= 0.3 is 0 Å². The Labute approximate surface area is 74.2 Å². The Morgan fingerprint density at radius 3 is 2.17 bits per heavy atom. The molecule has 0 bridgehead atoms. The van der Waals surface area contributed by atoms with Crippen LogP contribution in [0.3, 0.4) is 0 Å². The minimum Gasteiger partial charge on any atom is -0.327 e. The largest absolute Gasteiger partial charge is 0.327 e. The molecule has 0 aliphatic heterocycles. The van der Waals surface area contributed by atoms with Gasteiger partial charge in [0.15, 0.2) is 0 Å². The van der Waals surface area contributed by atoms with Crippen molar-refractivity contribution in [2.24, 2.45) is 5.73 Å². The van der Waals surface area contributed by atoms with Crippen LogP contribution in [0.5, 0.6) is 0 Å². The van der Waals surface area contributed by atoms with Crippen LogP contribution in [0, 0.1) is 12.7 Å². The molecule has 12 heavy (non-hydrogen) atoms. The van der Waals surface area contributed by atoms with E-state index in [2.05, 4.69) is 6.58 Å². The van der Waals surface area contributed by atoms with Gasteiger partial charge in [-0.15, -0.1) is 6.58 Å². The molecule has 1 aromatic carbocycles. The highest BCUT2D eigenvalue weighted by Gasteiger charge is 1.83. The predicted molar refractivity (Wildman–Crippen MR) is 52.5 cm³/mol. The van der Waals surface area contributed by atoms with Gasteiger partial charge in [-0.05, 0) is 19.1 Å². The molecule has 1 nitrogen and oxygen atoms in total. The molecular formula is C10H16FN. The number of benzene rings is 1. The molecule has 0 radical (unpaired) electrons. The van der Waals surface area contributed by atoms with Crippen LogP contribution in [0.4, 0.5) is 4.39 Å². The highest BCUT2D eigenvalue weighted by molar-refractivity contribution is 5.13. The second-order valence-electron chi connectivity index (χ2n) is 2.32. The van der Waals surface area contributed by atoms with Crippen LogP contribution in [0.15, 0.2) is 36.9 Å². The molecular weight excluding hydrogens is 153 g/mol. The summed E-state index contributed by atoms with van der Waals surface area (Å²) in [6, 6.07) is 6.40. The van der Waals surface area contributed by atoms with Gasteiger partial charge in [0.25, 0.3) is 0 Å². The third kappa shape index (κ3) is 5.62. The standard InChI is InChI=1S/C7H7F.C3H7N.H2/c1-6-2-4-7(8)5-3-6;1-2-3-4;/h2-5H,1H3;2H,1,3-4H2;1H. The number of halogens is 1. The van der Waals surface area contributed by atoms with E-state index in [1.807, 2.05) is 6.92 Å². The Kier molecular flexibility index (Phi) is 5.93. The second kappa shape index (κ2) is 6.55. The first-order valence-electron chi connectivity index (χ1n) is 3.74. The first kappa shape index (κ1) is 10.8. The van der Waals surface area contributed by atoms with Gasteiger partial charge in [-0.25, -0.2) is 4.39 Å². The quantitative estimate of drug-likeness (QED) is 0.642. The van der Waals surface area contributed by atoms with Gasteiger partial charge in [-0.2, -0.15) is 0 Å². The summed E-state index contributed by atoms with van der Waals surface area (Å²) in [5, 5.41) is 0. The van der Waals surface area contributed by atoms with Crippen LogP contribution in [-0.2, 0) is 0 Å². The molecule has 0 saturated carbocycles. The molecule has 0 fully saturated rings. The molecule has 2 N–H and O–H groups in total. The molecule has 1 rings (SSSR count). The maximum Gasteiger partial charge on any atom is 0.123 e. The summed E-state index contributed by atoms with van der Waals surface area (Å²) >= 11 is 0. The third-order valence-electron chi connectivity index (χ3n) is 1.18. The summed E-state index contributed by atoms with van der Waals surface area (Å²) in [6.45, 7) is 5.87. The molecule has 0 amide bonds. The van der Waals surface area contributed by atoms with Crippen molar-refractivity contribution in [1.29, 1.82) is 0 Å². The van der Waals surface area contributed by atoms with Crippen molar-refractivity contribution in [2.45, 2.75) is 6.92 Å². The number of hydrogen-bond acceptors (Lipinski definition) is 1. The van der Waals surface area contributed by atoms with E-state index in [9.17, 15) is 4.39 Å². The SMILES string of the molecule is C=CCN.Cc1ccc(F)cc1.[HH]. The highest BCUT2D eigenvalue weighted by Crippen LogP contribution is 1.98. The molecule has 0 heterocycles. The van der Waals surface area contributed by atoms with Crippen molar-refractivity contribution >= 4 is 0 Å². The van der Waals surface area contributed by atoms with Gasteiger partial charge in [0.1, 0.15) is 5.82 Å². The Balaban J connectivity index is 0. The van der Waals surface area contributed by atoms with E-state index in [4.69, 9.17) is 5.73 Å². The topological polar surface area (TPSA) is 26.0 Å². The summed E-state index contributed by atoms with van der Waals surface area (Å²) < 4.78 is 12.1. The Morgan fingerprint density at radius 1 is 1.50 bits per heavy atom. The van der Waals surface area contributed by atoms with E-state index < -0.39 is 0 Å². The molecule has 0 aromatic heterocycles. The summed E-state index contributed by atoms with van der Waals surface area (Å²) in [6.07, 6.45) is 1.65. The molecule has 68 valence electrons. The smallest absolute Gasteiger partial charge is 0.123 e. The molecule has 0 aliphatic rings. The monoisotopic (exact) mass is 169 g/mol. The van der Waals surface area contributed by atoms with Crippen LogP contribution >= 0.6 is 0 Å². The van der Waals surface area contributed by atoms with E-state index >= 15 is 0 Å². The fourth-order valence-electron chi connectivity index (χ4n) is 0.533. The van der Waals surface area contributed by atoms with Gasteiger partial charge in [0.2, 0.25) is 0 Å². The normalized spacial score (nSPS) is 8.25. The maximum absolute atomic E-state index is 12.1. The predicted octanol–water partition coefficient (Wildman–Crippen LogP) is 2.51. The van der Waals surface area contributed by atoms with Crippen LogP contribution in [0.1, 0.15) is 6.99 Å². The third-order valence-corrected chi connectivity index (χ3v) is 1.18. The van der Waals surface area contributed by atoms with Crippen LogP contribution in [0.25, 0.3) is 0 Å². The minimum atomic E-state index is -0.171. The summed E-state index contributed by atoms with van der Waals surface area (Å²) in [7, 11) is 0. The first-order chi connectivity index (χ1) is 5.70. The Morgan fingerprint density at radius 2 is 1.92 bits per heavy atom. The van der Waals surface area contributed by atoms with Gasteiger partial charge in [-0.1, -0.05) is 23.8 Å². The van der Waals surface area contributed by atoms with Crippen LogP contribution in [0.2, 0.25) is 0 Å². The van der Waals surface area contributed by atoms with Gasteiger partial charge in [-0.3, -0.25) is 0 Å². The minimum absolute atomic E-state index is 0. The zero-order valence-electron chi connectivity index (χ0n) is 7.26. The number of rotatable bonds is 1. The lowest BCUT2D eigenvalue weighted by Crippen LogP contribution is -1.90. The fourth-order valence-corrected chi connectivity index (χ4v) is 0.533. The molecule has 0 atom stereocenters. The number of aryl methyl sites for hydroxylation is 1. The lowest BCUT2D eigenvalue weighted by Gasteiger charge is -1.87. The van der Waals surface area contributed by atoms with E-state index in [-0.39, 0.29) is 7.24 Å². The molecule has 2 heteroatoms. The van der Waals surface area contributed by atoms with Crippen molar-refractivity contribution in [2.75, 3.05) is 6.54 Å². The highest BCUT2D eigenvalue weighted by atomic mass is 19.1. The van der Waals surface area contributed by atoms with E-state index in [1.54, 1.807) is 18.2 Å². The zero-order valence-corrected chi connectivity index (χ0v) is 7.26. The Hall–Kier alpha value is -1.15. The second-order valence-corrected chi connectivity index (χ2v) is 2.32.